The molecular formula is C19H19NO8. The molecule has 9 heteroatoms. The number of ether oxygens (including phenoxy) is 4. The van der Waals surface area contributed by atoms with Gasteiger partial charge >= 0.3 is 5.97 Å². The smallest absolute Gasteiger partial charge is 0.345 e. The number of carbonyl (C=O) groups is 2. The number of benzene rings is 2. The Morgan fingerprint density at radius 3 is 2.29 bits per heavy atom. The van der Waals surface area contributed by atoms with E-state index in [0.717, 1.165) is 12.1 Å². The van der Waals surface area contributed by atoms with Crippen LogP contribution in [0.15, 0.2) is 36.4 Å². The van der Waals surface area contributed by atoms with Crippen LogP contribution in [0.3, 0.4) is 0 Å². The lowest BCUT2D eigenvalue weighted by molar-refractivity contribution is -0.385. The Kier molecular flexibility index (Phi) is 6.91. The van der Waals surface area contributed by atoms with Crippen molar-refractivity contribution in [2.75, 3.05) is 27.4 Å². The minimum Gasteiger partial charge on any atom is -0.496 e. The van der Waals surface area contributed by atoms with Crippen LogP contribution < -0.4 is 14.2 Å². The second kappa shape index (κ2) is 9.36. The maximum Gasteiger partial charge on any atom is 0.345 e. The first kappa shape index (κ1) is 20.7. The molecule has 0 aromatic heterocycles. The van der Waals surface area contributed by atoms with Gasteiger partial charge in [0.15, 0.2) is 18.1 Å². The third kappa shape index (κ3) is 4.56. The van der Waals surface area contributed by atoms with Gasteiger partial charge in [0.2, 0.25) is 5.78 Å². The minimum absolute atomic E-state index is 0.107. The maximum atomic E-state index is 12.4. The van der Waals surface area contributed by atoms with E-state index >= 15 is 0 Å². The van der Waals surface area contributed by atoms with Gasteiger partial charge in [0, 0.05) is 6.07 Å². The van der Waals surface area contributed by atoms with Crippen molar-refractivity contribution in [3.05, 3.63) is 57.6 Å². The van der Waals surface area contributed by atoms with Crippen molar-refractivity contribution < 1.29 is 33.5 Å². The Morgan fingerprint density at radius 1 is 1.00 bits per heavy atom. The molecule has 0 aliphatic carbocycles. The average Bonchev–Trinajstić information content (AvgIpc) is 2.71. The van der Waals surface area contributed by atoms with Crippen molar-refractivity contribution in [2.24, 2.45) is 0 Å². The van der Waals surface area contributed by atoms with E-state index in [2.05, 4.69) is 0 Å². The number of nitro groups is 1. The fraction of sp³-hybridized carbons (Fsp3) is 0.263. The molecule has 0 N–H and O–H groups in total. The summed E-state index contributed by atoms with van der Waals surface area (Å²) in [6.45, 7) is 1.37. The molecule has 0 aliphatic heterocycles. The lowest BCUT2D eigenvalue weighted by Crippen LogP contribution is -2.16. The van der Waals surface area contributed by atoms with Crippen LogP contribution in [0.5, 0.6) is 17.2 Å². The molecule has 0 amide bonds. The quantitative estimate of drug-likeness (QED) is 0.278. The van der Waals surface area contributed by atoms with Gasteiger partial charge in [-0.25, -0.2) is 4.79 Å². The number of Topliss-reactive ketones (excluding diaryl/α,β-unsaturated/α-hetero) is 1. The topological polar surface area (TPSA) is 114 Å². The van der Waals surface area contributed by atoms with E-state index in [9.17, 15) is 19.7 Å². The summed E-state index contributed by atoms with van der Waals surface area (Å²) in [5.74, 6) is -0.947. The molecule has 0 aliphatic rings. The van der Waals surface area contributed by atoms with E-state index in [4.69, 9.17) is 18.9 Å². The summed E-state index contributed by atoms with van der Waals surface area (Å²) >= 11 is 0. The average molecular weight is 389 g/mol. The molecule has 0 heterocycles. The van der Waals surface area contributed by atoms with Gasteiger partial charge in [-0.05, 0) is 19.1 Å². The number of hydrogen-bond acceptors (Lipinski definition) is 8. The second-order valence-electron chi connectivity index (χ2n) is 5.41. The number of hydrogen-bond donors (Lipinski definition) is 0. The maximum absolute atomic E-state index is 12.4. The van der Waals surface area contributed by atoms with Gasteiger partial charge in [0.25, 0.3) is 5.69 Å². The van der Waals surface area contributed by atoms with E-state index in [1.54, 1.807) is 25.1 Å². The summed E-state index contributed by atoms with van der Waals surface area (Å²) < 4.78 is 20.5. The van der Waals surface area contributed by atoms with Crippen LogP contribution in [-0.2, 0) is 4.74 Å². The number of esters is 1. The van der Waals surface area contributed by atoms with Crippen LogP contribution in [0.2, 0.25) is 0 Å². The molecule has 0 unspecified atom stereocenters. The number of nitro benzene ring substituents is 1. The van der Waals surface area contributed by atoms with E-state index < -0.39 is 29.0 Å². The molecule has 2 rings (SSSR count). The van der Waals surface area contributed by atoms with Gasteiger partial charge in [0.05, 0.1) is 37.4 Å². The molecule has 0 radical (unpaired) electrons. The monoisotopic (exact) mass is 389 g/mol. The third-order valence-electron chi connectivity index (χ3n) is 3.74. The van der Waals surface area contributed by atoms with Gasteiger partial charge in [-0.15, -0.1) is 0 Å². The molecule has 9 nitrogen and oxygen atoms in total. The van der Waals surface area contributed by atoms with Crippen molar-refractivity contribution >= 4 is 17.4 Å². The van der Waals surface area contributed by atoms with E-state index in [0.29, 0.717) is 5.75 Å². The van der Waals surface area contributed by atoms with Crippen LogP contribution in [0.4, 0.5) is 5.69 Å². The highest BCUT2D eigenvalue weighted by Crippen LogP contribution is 2.35. The molecule has 148 valence electrons. The summed E-state index contributed by atoms with van der Waals surface area (Å²) in [7, 11) is 2.74. The highest BCUT2D eigenvalue weighted by atomic mass is 16.6. The van der Waals surface area contributed by atoms with Gasteiger partial charge in [-0.1, -0.05) is 12.1 Å². The Balaban J connectivity index is 2.26. The highest BCUT2D eigenvalue weighted by molar-refractivity contribution is 6.02. The molecule has 0 atom stereocenters. The van der Waals surface area contributed by atoms with Crippen molar-refractivity contribution in [1.82, 2.24) is 0 Å². The predicted octanol–water partition coefficient (Wildman–Crippen LogP) is 3.05. The van der Waals surface area contributed by atoms with Crippen LogP contribution in [0.25, 0.3) is 0 Å². The van der Waals surface area contributed by atoms with Crippen LogP contribution >= 0.6 is 0 Å². The van der Waals surface area contributed by atoms with Crippen LogP contribution in [0, 0.1) is 10.1 Å². The number of nitrogens with zero attached hydrogens (tertiary/aromatic N) is 1. The molecule has 28 heavy (non-hydrogen) atoms. The Hall–Kier alpha value is -3.62. The van der Waals surface area contributed by atoms with E-state index in [-0.39, 0.29) is 29.2 Å². The Labute approximate surface area is 160 Å². The Bertz CT molecular complexity index is 893. The van der Waals surface area contributed by atoms with Gasteiger partial charge in [-0.2, -0.15) is 0 Å². The molecule has 0 saturated carbocycles. The van der Waals surface area contributed by atoms with Gasteiger partial charge < -0.3 is 18.9 Å². The molecule has 2 aromatic carbocycles. The van der Waals surface area contributed by atoms with Crippen molar-refractivity contribution in [1.29, 1.82) is 0 Å². The molecule has 0 spiro atoms. The third-order valence-corrected chi connectivity index (χ3v) is 3.74. The summed E-state index contributed by atoms with van der Waals surface area (Å²) in [4.78, 5) is 35.3. The number of ketones is 1. The fourth-order valence-corrected chi connectivity index (χ4v) is 2.45. The predicted molar refractivity (Wildman–Crippen MR) is 98.4 cm³/mol. The lowest BCUT2D eigenvalue weighted by atomic mass is 10.1. The first-order valence-electron chi connectivity index (χ1n) is 8.25. The SMILES string of the molecule is CCOc1cc(C(=O)OCC(=O)c2ccccc2OC)c([N+](=O)[O-])cc1OC. The standard InChI is InChI=1S/C19H19NO8/c1-4-27-18-9-13(14(20(23)24)10-17(18)26-3)19(22)28-11-15(21)12-7-5-6-8-16(12)25-2/h5-10H,4,11H2,1-3H3. The van der Waals surface area contributed by atoms with Gasteiger partial charge in [0.1, 0.15) is 11.3 Å². The summed E-state index contributed by atoms with van der Waals surface area (Å²) in [5.41, 5.74) is -0.630. The summed E-state index contributed by atoms with van der Waals surface area (Å²) in [6, 6.07) is 8.69. The number of para-hydroxylation sites is 1. The van der Waals surface area contributed by atoms with Crippen molar-refractivity contribution in [3.8, 4) is 17.2 Å². The van der Waals surface area contributed by atoms with Gasteiger partial charge in [-0.3, -0.25) is 14.9 Å². The largest absolute Gasteiger partial charge is 0.496 e. The van der Waals surface area contributed by atoms with E-state index in [1.807, 2.05) is 0 Å². The second-order valence-corrected chi connectivity index (χ2v) is 5.41. The Morgan fingerprint density at radius 2 is 1.68 bits per heavy atom. The lowest BCUT2D eigenvalue weighted by Gasteiger charge is -2.12. The number of carbonyl (C=O) groups excluding carboxylic acids is 2. The summed E-state index contributed by atoms with van der Waals surface area (Å²) in [5, 5.41) is 11.3. The molecule has 0 fully saturated rings. The van der Waals surface area contributed by atoms with Crippen LogP contribution in [-0.4, -0.2) is 44.1 Å². The molecule has 2 aromatic rings. The van der Waals surface area contributed by atoms with Crippen LogP contribution in [0.1, 0.15) is 27.6 Å². The summed E-state index contributed by atoms with van der Waals surface area (Å²) in [6.07, 6.45) is 0. The first-order chi connectivity index (χ1) is 13.4. The van der Waals surface area contributed by atoms with Crippen molar-refractivity contribution in [2.45, 2.75) is 6.92 Å². The zero-order valence-electron chi connectivity index (χ0n) is 15.6. The fourth-order valence-electron chi connectivity index (χ4n) is 2.45. The highest BCUT2D eigenvalue weighted by Gasteiger charge is 2.26. The molecule has 0 bridgehead atoms. The van der Waals surface area contributed by atoms with Crippen molar-refractivity contribution in [3.63, 3.8) is 0 Å². The zero-order valence-corrected chi connectivity index (χ0v) is 15.6. The normalized spacial score (nSPS) is 10.1. The zero-order chi connectivity index (χ0) is 20.7. The minimum atomic E-state index is -1.03. The molecular weight excluding hydrogens is 370 g/mol. The number of methoxy groups -OCH3 is 2. The first-order valence-corrected chi connectivity index (χ1v) is 8.25. The molecule has 0 saturated heterocycles. The van der Waals surface area contributed by atoms with E-state index in [1.165, 1.54) is 20.3 Å². The number of rotatable bonds is 9.